The van der Waals surface area contributed by atoms with Crippen molar-refractivity contribution in [3.63, 3.8) is 0 Å². The van der Waals surface area contributed by atoms with Crippen molar-refractivity contribution >= 4 is 11.7 Å². The smallest absolute Gasteiger partial charge is 0.319 e. The van der Waals surface area contributed by atoms with E-state index in [-0.39, 0.29) is 11.8 Å². The third-order valence-corrected chi connectivity index (χ3v) is 3.29. The molecule has 1 atom stereocenters. The fourth-order valence-electron chi connectivity index (χ4n) is 2.24. The Morgan fingerprint density at radius 1 is 1.32 bits per heavy atom. The highest BCUT2D eigenvalue weighted by atomic mass is 19.1. The molecule has 1 unspecified atom stereocenters. The molecule has 0 aliphatic carbocycles. The summed E-state index contributed by atoms with van der Waals surface area (Å²) in [4.78, 5) is 11.6. The molecule has 3 N–H and O–H groups in total. The van der Waals surface area contributed by atoms with Gasteiger partial charge >= 0.3 is 6.03 Å². The van der Waals surface area contributed by atoms with Crippen molar-refractivity contribution in [3.05, 3.63) is 30.1 Å². The molecule has 0 saturated carbocycles. The summed E-state index contributed by atoms with van der Waals surface area (Å²) in [5, 5.41) is 8.91. The molecule has 1 heterocycles. The summed E-state index contributed by atoms with van der Waals surface area (Å²) >= 11 is 0. The van der Waals surface area contributed by atoms with Gasteiger partial charge in [0.1, 0.15) is 5.82 Å². The standard InChI is InChI=1S/C14H20FN3O/c15-11-4-6-13(7-5-11)18-14(19)17-10-8-12-3-1-2-9-16-12/h4-7,12,16H,1-3,8-10H2,(H2,17,18,19). The second-order valence-electron chi connectivity index (χ2n) is 4.82. The van der Waals surface area contributed by atoms with Gasteiger partial charge in [-0.3, -0.25) is 0 Å². The molecule has 1 fully saturated rings. The highest BCUT2D eigenvalue weighted by Gasteiger charge is 2.12. The minimum absolute atomic E-state index is 0.248. The first-order valence-corrected chi connectivity index (χ1v) is 6.78. The summed E-state index contributed by atoms with van der Waals surface area (Å²) in [5.41, 5.74) is 0.592. The molecule has 2 amide bonds. The van der Waals surface area contributed by atoms with Crippen LogP contribution >= 0.6 is 0 Å². The summed E-state index contributed by atoms with van der Waals surface area (Å²) in [6, 6.07) is 5.99. The van der Waals surface area contributed by atoms with Gasteiger partial charge in [0.05, 0.1) is 0 Å². The maximum Gasteiger partial charge on any atom is 0.319 e. The van der Waals surface area contributed by atoms with Gasteiger partial charge in [0.25, 0.3) is 0 Å². The third-order valence-electron chi connectivity index (χ3n) is 3.29. The number of nitrogens with one attached hydrogen (secondary N) is 3. The van der Waals surface area contributed by atoms with E-state index in [0.29, 0.717) is 18.3 Å². The van der Waals surface area contributed by atoms with Gasteiger partial charge in [-0.05, 0) is 50.1 Å². The van der Waals surface area contributed by atoms with Gasteiger partial charge < -0.3 is 16.0 Å². The molecule has 19 heavy (non-hydrogen) atoms. The molecule has 1 saturated heterocycles. The van der Waals surface area contributed by atoms with E-state index in [1.54, 1.807) is 0 Å². The summed E-state index contributed by atoms with van der Waals surface area (Å²) in [5.74, 6) is -0.311. The second-order valence-corrected chi connectivity index (χ2v) is 4.82. The molecule has 1 aromatic carbocycles. The first-order chi connectivity index (χ1) is 9.24. The largest absolute Gasteiger partial charge is 0.338 e. The minimum atomic E-state index is -0.311. The van der Waals surface area contributed by atoms with Gasteiger partial charge in [0.2, 0.25) is 0 Å². The quantitative estimate of drug-likeness (QED) is 0.783. The first kappa shape index (κ1) is 13.8. The summed E-state index contributed by atoms with van der Waals surface area (Å²) in [6.45, 7) is 1.72. The van der Waals surface area contributed by atoms with E-state index in [4.69, 9.17) is 0 Å². The Hall–Kier alpha value is -1.62. The molecular formula is C14H20FN3O. The number of hydrogen-bond donors (Lipinski definition) is 3. The molecule has 2 rings (SSSR count). The zero-order valence-electron chi connectivity index (χ0n) is 10.9. The van der Waals surface area contributed by atoms with Gasteiger partial charge in [-0.25, -0.2) is 9.18 Å². The van der Waals surface area contributed by atoms with Crippen LogP contribution < -0.4 is 16.0 Å². The Morgan fingerprint density at radius 3 is 2.79 bits per heavy atom. The van der Waals surface area contributed by atoms with E-state index < -0.39 is 0 Å². The Bertz CT molecular complexity index is 402. The maximum atomic E-state index is 12.7. The van der Waals surface area contributed by atoms with Crippen LogP contribution in [0.3, 0.4) is 0 Å². The van der Waals surface area contributed by atoms with Crippen molar-refractivity contribution in [1.29, 1.82) is 0 Å². The predicted octanol–water partition coefficient (Wildman–Crippen LogP) is 2.48. The fraction of sp³-hybridized carbons (Fsp3) is 0.500. The number of rotatable bonds is 4. The van der Waals surface area contributed by atoms with E-state index in [1.807, 2.05) is 0 Å². The molecular weight excluding hydrogens is 245 g/mol. The lowest BCUT2D eigenvalue weighted by Gasteiger charge is -2.23. The lowest BCUT2D eigenvalue weighted by atomic mass is 10.0. The van der Waals surface area contributed by atoms with Crippen LogP contribution in [0, 0.1) is 5.82 Å². The van der Waals surface area contributed by atoms with Crippen LogP contribution in [0.4, 0.5) is 14.9 Å². The van der Waals surface area contributed by atoms with Crippen molar-refractivity contribution in [3.8, 4) is 0 Å². The number of amides is 2. The van der Waals surface area contributed by atoms with Gasteiger partial charge in [-0.2, -0.15) is 0 Å². The van der Waals surface area contributed by atoms with Crippen LogP contribution in [-0.2, 0) is 0 Å². The molecule has 1 aromatic rings. The molecule has 104 valence electrons. The minimum Gasteiger partial charge on any atom is -0.338 e. The van der Waals surface area contributed by atoms with Crippen molar-refractivity contribution in [2.24, 2.45) is 0 Å². The number of halogens is 1. The number of benzene rings is 1. The topological polar surface area (TPSA) is 53.2 Å². The van der Waals surface area contributed by atoms with E-state index in [9.17, 15) is 9.18 Å². The van der Waals surface area contributed by atoms with E-state index >= 15 is 0 Å². The fourth-order valence-corrected chi connectivity index (χ4v) is 2.24. The SMILES string of the molecule is O=C(NCCC1CCCCN1)Nc1ccc(F)cc1. The van der Waals surface area contributed by atoms with E-state index in [2.05, 4.69) is 16.0 Å². The van der Waals surface area contributed by atoms with Crippen LogP contribution in [0.2, 0.25) is 0 Å². The Kier molecular flexibility index (Phi) is 5.15. The van der Waals surface area contributed by atoms with Crippen LogP contribution in [0.25, 0.3) is 0 Å². The van der Waals surface area contributed by atoms with Gasteiger partial charge in [0.15, 0.2) is 0 Å². The predicted molar refractivity (Wildman–Crippen MR) is 73.7 cm³/mol. The monoisotopic (exact) mass is 265 g/mol. The van der Waals surface area contributed by atoms with Crippen molar-refractivity contribution in [1.82, 2.24) is 10.6 Å². The third kappa shape index (κ3) is 4.87. The average Bonchev–Trinajstić information content (AvgIpc) is 2.43. The van der Waals surface area contributed by atoms with E-state index in [0.717, 1.165) is 13.0 Å². The second kappa shape index (κ2) is 7.09. The van der Waals surface area contributed by atoms with E-state index in [1.165, 1.54) is 43.5 Å². The van der Waals surface area contributed by atoms with Crippen LogP contribution in [0.1, 0.15) is 25.7 Å². The number of carbonyl (C=O) groups excluding carboxylic acids is 1. The first-order valence-electron chi connectivity index (χ1n) is 6.78. The number of carbonyl (C=O) groups is 1. The number of piperidine rings is 1. The van der Waals surface area contributed by atoms with Crippen molar-refractivity contribution < 1.29 is 9.18 Å². The molecule has 1 aliphatic rings. The van der Waals surface area contributed by atoms with Crippen molar-refractivity contribution in [2.75, 3.05) is 18.4 Å². The number of urea groups is 1. The normalized spacial score (nSPS) is 18.9. The zero-order chi connectivity index (χ0) is 13.5. The Balaban J connectivity index is 1.65. The average molecular weight is 265 g/mol. The van der Waals surface area contributed by atoms with Crippen molar-refractivity contribution in [2.45, 2.75) is 31.7 Å². The summed E-state index contributed by atoms with van der Waals surface area (Å²) < 4.78 is 12.7. The highest BCUT2D eigenvalue weighted by Crippen LogP contribution is 2.10. The van der Waals surface area contributed by atoms with Gasteiger partial charge in [-0.1, -0.05) is 6.42 Å². The Morgan fingerprint density at radius 2 is 2.11 bits per heavy atom. The van der Waals surface area contributed by atoms with Crippen LogP contribution in [0.5, 0.6) is 0 Å². The van der Waals surface area contributed by atoms with Gasteiger partial charge in [0, 0.05) is 18.3 Å². The molecule has 4 nitrogen and oxygen atoms in total. The molecule has 0 radical (unpaired) electrons. The number of hydrogen-bond acceptors (Lipinski definition) is 2. The summed E-state index contributed by atoms with van der Waals surface area (Å²) in [6.07, 6.45) is 4.63. The molecule has 0 aromatic heterocycles. The van der Waals surface area contributed by atoms with Crippen LogP contribution in [-0.4, -0.2) is 25.2 Å². The summed E-state index contributed by atoms with van der Waals surface area (Å²) in [7, 11) is 0. The lowest BCUT2D eigenvalue weighted by Crippen LogP contribution is -2.38. The molecule has 5 heteroatoms. The molecule has 0 spiro atoms. The number of anilines is 1. The Labute approximate surface area is 112 Å². The van der Waals surface area contributed by atoms with Crippen LogP contribution in [0.15, 0.2) is 24.3 Å². The van der Waals surface area contributed by atoms with Gasteiger partial charge in [-0.15, -0.1) is 0 Å². The zero-order valence-corrected chi connectivity index (χ0v) is 10.9. The lowest BCUT2D eigenvalue weighted by molar-refractivity contribution is 0.251. The highest BCUT2D eigenvalue weighted by molar-refractivity contribution is 5.89. The maximum absolute atomic E-state index is 12.7. The molecule has 1 aliphatic heterocycles. The molecule has 0 bridgehead atoms.